The van der Waals surface area contributed by atoms with Crippen molar-refractivity contribution in [1.29, 1.82) is 0 Å². The summed E-state index contributed by atoms with van der Waals surface area (Å²) in [7, 11) is 0. The normalized spacial score (nSPS) is 11.3. The summed E-state index contributed by atoms with van der Waals surface area (Å²) in [6.45, 7) is 4.43. The van der Waals surface area contributed by atoms with E-state index >= 15 is 0 Å². The van der Waals surface area contributed by atoms with Gasteiger partial charge in [0.25, 0.3) is 0 Å². The van der Waals surface area contributed by atoms with Crippen LogP contribution in [0.25, 0.3) is 53.8 Å². The predicted molar refractivity (Wildman–Crippen MR) is 197 cm³/mol. The van der Waals surface area contributed by atoms with Gasteiger partial charge in [0.2, 0.25) is 0 Å². The van der Waals surface area contributed by atoms with Gasteiger partial charge in [-0.05, 0) is 46.3 Å². The van der Waals surface area contributed by atoms with E-state index in [1.165, 1.54) is 27.2 Å². The molecule has 0 aliphatic rings. The summed E-state index contributed by atoms with van der Waals surface area (Å²) in [5.41, 5.74) is 7.87. The molecule has 7 aromatic rings. The van der Waals surface area contributed by atoms with Crippen LogP contribution in [0, 0.1) is 23.9 Å². The Kier molecular flexibility index (Phi) is 11.2. The molecule has 0 saturated carbocycles. The summed E-state index contributed by atoms with van der Waals surface area (Å²) in [6.07, 6.45) is 4.99. The molecule has 3 aromatic heterocycles. The van der Waals surface area contributed by atoms with E-state index in [0.29, 0.717) is 5.92 Å². The topological polar surface area (TPSA) is 25.8 Å². The molecule has 0 amide bonds. The first kappa shape index (κ1) is 34.8. The number of benzene rings is 4. The minimum Gasteiger partial charge on any atom is 0 e. The van der Waals surface area contributed by atoms with Crippen molar-refractivity contribution in [2.45, 2.75) is 37.5 Å². The van der Waals surface area contributed by atoms with Gasteiger partial charge in [0, 0.05) is 31.0 Å². The summed E-state index contributed by atoms with van der Waals surface area (Å²) >= 11 is -0.380. The predicted octanol–water partition coefficient (Wildman–Crippen LogP) is 11.0. The Morgan fingerprint density at radius 2 is 1.57 bits per heavy atom. The fourth-order valence-electron chi connectivity index (χ4n) is 5.72. The van der Waals surface area contributed by atoms with Crippen LogP contribution >= 0.6 is 11.3 Å². The Morgan fingerprint density at radius 3 is 2.30 bits per heavy atom. The van der Waals surface area contributed by atoms with Crippen LogP contribution in [0.4, 0.5) is 4.39 Å². The summed E-state index contributed by atoms with van der Waals surface area (Å²) in [6, 6.07) is 40.7. The zero-order chi connectivity index (χ0) is 32.3. The maximum atomic E-state index is 13.5. The summed E-state index contributed by atoms with van der Waals surface area (Å²) in [4.78, 5) is 9.27. The Morgan fingerprint density at radius 1 is 0.787 bits per heavy atom. The molecule has 3 heterocycles. The third-order valence-electron chi connectivity index (χ3n) is 7.90. The van der Waals surface area contributed by atoms with E-state index in [9.17, 15) is 4.39 Å². The second-order valence-electron chi connectivity index (χ2n) is 13.0. The molecule has 0 saturated heterocycles. The van der Waals surface area contributed by atoms with Crippen molar-refractivity contribution < 1.29 is 24.5 Å². The van der Waals surface area contributed by atoms with Crippen molar-refractivity contribution in [3.05, 3.63) is 139 Å². The zero-order valence-corrected chi connectivity index (χ0v) is 32.6. The smallest absolute Gasteiger partial charge is 0 e. The summed E-state index contributed by atoms with van der Waals surface area (Å²) in [5, 5.41) is 2.23. The number of hydrogen-bond acceptors (Lipinski definition) is 3. The van der Waals surface area contributed by atoms with Gasteiger partial charge in [-0.2, -0.15) is 11.3 Å². The van der Waals surface area contributed by atoms with Gasteiger partial charge in [-0.1, -0.05) is 36.9 Å². The van der Waals surface area contributed by atoms with Crippen molar-refractivity contribution in [2.24, 2.45) is 5.92 Å². The number of rotatable bonds is 6. The number of halogens is 1. The molecule has 4 aromatic carbocycles. The van der Waals surface area contributed by atoms with E-state index in [0.717, 1.165) is 49.1 Å². The van der Waals surface area contributed by atoms with Crippen molar-refractivity contribution in [3.63, 3.8) is 0 Å². The van der Waals surface area contributed by atoms with Gasteiger partial charge in [-0.15, -0.1) is 23.8 Å². The minimum absolute atomic E-state index is 0. The molecule has 0 aliphatic heterocycles. The van der Waals surface area contributed by atoms with Gasteiger partial charge < -0.3 is 4.98 Å². The number of thiophene rings is 1. The second kappa shape index (κ2) is 15.2. The molecule has 0 fully saturated rings. The van der Waals surface area contributed by atoms with Crippen LogP contribution in [0.5, 0.6) is 0 Å². The van der Waals surface area contributed by atoms with E-state index in [2.05, 4.69) is 109 Å². The molecular weight excluding hydrogens is 836 g/mol. The minimum atomic E-state index is -1.99. The van der Waals surface area contributed by atoms with Gasteiger partial charge >= 0.3 is 135 Å². The average Bonchev–Trinajstić information content (AvgIpc) is 3.43. The van der Waals surface area contributed by atoms with E-state index in [1.807, 2.05) is 42.6 Å². The molecule has 0 atom stereocenters. The third kappa shape index (κ3) is 8.16. The number of pyridine rings is 2. The number of hydrogen-bond donors (Lipinski definition) is 0. The largest absolute Gasteiger partial charge is 0 e. The SMILES string of the molecule is CC(C)Cc1ccnc(-c2[c-]ccc3c2sc2cc(F)ccc23)c1.[CH3][Ge]([CH3])([CH3])[c]1cnc(-c2[c-]cccc2)cc1-c1ccccc1.[Ir]. The van der Waals surface area contributed by atoms with Crippen LogP contribution in [0.2, 0.25) is 17.3 Å². The second-order valence-corrected chi connectivity index (χ2v) is 24.6. The third-order valence-corrected chi connectivity index (χ3v) is 13.3. The van der Waals surface area contributed by atoms with Gasteiger partial charge in [0.15, 0.2) is 0 Å². The maximum absolute atomic E-state index is 13.5. The molecule has 1 radical (unpaired) electrons. The average molecular weight is 874 g/mol. The first-order chi connectivity index (χ1) is 22.2. The van der Waals surface area contributed by atoms with Crippen LogP contribution in [0.1, 0.15) is 19.4 Å². The Bertz CT molecular complexity index is 2100. The first-order valence-corrected chi connectivity index (χ1v) is 23.8. The molecule has 0 N–H and O–H groups in total. The molecule has 0 unspecified atom stereocenters. The summed E-state index contributed by atoms with van der Waals surface area (Å²) < 4.78 is 17.1. The summed E-state index contributed by atoms with van der Waals surface area (Å²) in [5.74, 6) is 7.65. The Labute approximate surface area is 297 Å². The van der Waals surface area contributed by atoms with Gasteiger partial charge in [-0.3, -0.25) is 0 Å². The Hall–Kier alpha value is -3.48. The molecule has 2 nitrogen and oxygen atoms in total. The quantitative estimate of drug-likeness (QED) is 0.123. The molecule has 47 heavy (non-hydrogen) atoms. The fourth-order valence-corrected chi connectivity index (χ4v) is 10.1. The van der Waals surface area contributed by atoms with Crippen LogP contribution in [-0.2, 0) is 26.5 Å². The maximum Gasteiger partial charge on any atom is 0 e. The molecule has 7 rings (SSSR count). The van der Waals surface area contributed by atoms with E-state index in [4.69, 9.17) is 4.98 Å². The van der Waals surface area contributed by atoms with E-state index in [-0.39, 0.29) is 25.9 Å². The molecule has 0 spiro atoms. The van der Waals surface area contributed by atoms with Crippen molar-refractivity contribution in [2.75, 3.05) is 0 Å². The molecule has 0 bridgehead atoms. The van der Waals surface area contributed by atoms with E-state index in [1.54, 1.807) is 17.4 Å². The number of fused-ring (bicyclic) bond motifs is 3. The van der Waals surface area contributed by atoms with E-state index < -0.39 is 13.3 Å². The first-order valence-electron chi connectivity index (χ1n) is 15.7. The van der Waals surface area contributed by atoms with Crippen LogP contribution in [0.15, 0.2) is 116 Å². The van der Waals surface area contributed by atoms with Crippen LogP contribution in [0.3, 0.4) is 0 Å². The van der Waals surface area contributed by atoms with Gasteiger partial charge in [0.1, 0.15) is 5.82 Å². The molecule has 239 valence electrons. The van der Waals surface area contributed by atoms with Crippen molar-refractivity contribution >= 4 is 49.2 Å². The fraction of sp³-hybridized carbons (Fsp3) is 0.171. The molecular formula is C41H37FGeIrN2S-2. The van der Waals surface area contributed by atoms with Gasteiger partial charge in [0.05, 0.1) is 0 Å². The number of aromatic nitrogens is 2. The molecule has 6 heteroatoms. The Balaban J connectivity index is 0.000000181. The van der Waals surface area contributed by atoms with Crippen molar-refractivity contribution in [1.82, 2.24) is 9.97 Å². The monoisotopic (exact) mass is 875 g/mol. The zero-order valence-electron chi connectivity index (χ0n) is 27.3. The number of nitrogens with zero attached hydrogens (tertiary/aromatic N) is 2. The standard InChI is InChI=1S/C21H17FNS.C20H20GeN.Ir/c1-13(2)10-14-8-9-23-19(11-14)18-5-3-4-17-16-7-6-15(22)12-20(16)24-21(17)18;1-21(2,3)19-15-22-20(17-12-8-5-9-13-17)14-18(19)16-10-6-4-7-11-16;/h3-4,6-9,11-13H,10H2,1-2H3;4-12,14-15H,1-3H3;/q2*-1;. The van der Waals surface area contributed by atoms with Crippen LogP contribution in [-0.4, -0.2) is 23.2 Å². The van der Waals surface area contributed by atoms with Crippen LogP contribution < -0.4 is 4.40 Å². The molecule has 0 aliphatic carbocycles. The van der Waals surface area contributed by atoms with Crippen molar-refractivity contribution in [3.8, 4) is 33.6 Å². The van der Waals surface area contributed by atoms with Gasteiger partial charge in [-0.25, -0.2) is 4.39 Å².